The zero-order chi connectivity index (χ0) is 14.7. The third-order valence-electron chi connectivity index (χ3n) is 2.68. The van der Waals surface area contributed by atoms with Gasteiger partial charge in [0.2, 0.25) is 0 Å². The lowest BCUT2D eigenvalue weighted by Gasteiger charge is -2.12. The van der Waals surface area contributed by atoms with Crippen LogP contribution in [0.25, 0.3) is 0 Å². The third-order valence-corrected chi connectivity index (χ3v) is 3.83. The molecule has 0 aliphatic carbocycles. The molecule has 1 unspecified atom stereocenters. The zero-order valence-electron chi connectivity index (χ0n) is 10.9. The molecule has 0 fully saturated rings. The number of halogens is 3. The van der Waals surface area contributed by atoms with Gasteiger partial charge in [-0.25, -0.2) is 13.2 Å². The Morgan fingerprint density at radius 2 is 1.65 bits per heavy atom. The lowest BCUT2D eigenvalue weighted by molar-refractivity contribution is 0.577. The van der Waals surface area contributed by atoms with Crippen LogP contribution in [0.5, 0.6) is 0 Å². The molecule has 0 spiro atoms. The Morgan fingerprint density at radius 3 is 2.35 bits per heavy atom. The van der Waals surface area contributed by atoms with Gasteiger partial charge < -0.3 is 5.73 Å². The third kappa shape index (κ3) is 3.77. The van der Waals surface area contributed by atoms with Crippen LogP contribution in [0.3, 0.4) is 0 Å². The minimum atomic E-state index is -0.509. The van der Waals surface area contributed by atoms with Gasteiger partial charge in [-0.15, -0.1) is 0 Å². The van der Waals surface area contributed by atoms with Crippen LogP contribution < -0.4 is 5.73 Å². The molecule has 106 valence electrons. The Morgan fingerprint density at radius 1 is 1.00 bits per heavy atom. The number of benzene rings is 2. The van der Waals surface area contributed by atoms with E-state index in [-0.39, 0.29) is 16.8 Å². The predicted molar refractivity (Wildman–Crippen MR) is 74.2 cm³/mol. The molecule has 0 radical (unpaired) electrons. The van der Waals surface area contributed by atoms with Gasteiger partial charge in [-0.1, -0.05) is 11.8 Å². The van der Waals surface area contributed by atoms with Crippen molar-refractivity contribution in [3.05, 3.63) is 59.4 Å². The summed E-state index contributed by atoms with van der Waals surface area (Å²) in [6, 6.07) is 7.35. The molecule has 20 heavy (non-hydrogen) atoms. The Hall–Kier alpha value is -1.46. The SMILES string of the molecule is CC(N)Cc1cc(F)ccc1Sc1cc(F)ccc1F. The van der Waals surface area contributed by atoms with Crippen molar-refractivity contribution in [2.24, 2.45) is 5.73 Å². The first-order valence-corrected chi connectivity index (χ1v) is 6.94. The maximum atomic E-state index is 13.6. The molecule has 2 rings (SSSR count). The summed E-state index contributed by atoms with van der Waals surface area (Å²) in [6.45, 7) is 1.81. The number of hydrogen-bond acceptors (Lipinski definition) is 2. The Bertz CT molecular complexity index is 614. The van der Waals surface area contributed by atoms with Crippen molar-refractivity contribution in [3.63, 3.8) is 0 Å². The Kier molecular flexibility index (Phi) is 4.73. The smallest absolute Gasteiger partial charge is 0.137 e. The van der Waals surface area contributed by atoms with E-state index >= 15 is 0 Å². The standard InChI is InChI=1S/C15H14F3NS/c1-9(19)6-10-7-11(16)3-5-14(10)20-15-8-12(17)2-4-13(15)18/h2-5,7-9H,6,19H2,1H3. The summed E-state index contributed by atoms with van der Waals surface area (Å²) < 4.78 is 40.1. The highest BCUT2D eigenvalue weighted by Crippen LogP contribution is 2.33. The molecule has 0 amide bonds. The summed E-state index contributed by atoms with van der Waals surface area (Å²) >= 11 is 1.07. The van der Waals surface area contributed by atoms with Crippen LogP contribution in [0.15, 0.2) is 46.2 Å². The van der Waals surface area contributed by atoms with Gasteiger partial charge in [0, 0.05) is 10.9 Å². The zero-order valence-corrected chi connectivity index (χ0v) is 11.7. The van der Waals surface area contributed by atoms with Crippen LogP contribution in [0.2, 0.25) is 0 Å². The van der Waals surface area contributed by atoms with Crippen molar-refractivity contribution in [2.75, 3.05) is 0 Å². The molecule has 0 aliphatic heterocycles. The molecular weight excluding hydrogens is 283 g/mol. The molecule has 2 aromatic rings. The average Bonchev–Trinajstić information content (AvgIpc) is 2.36. The highest BCUT2D eigenvalue weighted by molar-refractivity contribution is 7.99. The van der Waals surface area contributed by atoms with E-state index in [0.717, 1.165) is 30.0 Å². The van der Waals surface area contributed by atoms with Crippen molar-refractivity contribution < 1.29 is 13.2 Å². The molecule has 0 saturated heterocycles. The number of hydrogen-bond donors (Lipinski definition) is 1. The second-order valence-corrected chi connectivity index (χ2v) is 5.69. The van der Waals surface area contributed by atoms with Crippen molar-refractivity contribution in [2.45, 2.75) is 29.2 Å². The minimum Gasteiger partial charge on any atom is -0.328 e. The molecule has 0 saturated carbocycles. The topological polar surface area (TPSA) is 26.0 Å². The summed E-state index contributed by atoms with van der Waals surface area (Å²) in [4.78, 5) is 0.843. The lowest BCUT2D eigenvalue weighted by Crippen LogP contribution is -2.18. The quantitative estimate of drug-likeness (QED) is 0.917. The first-order chi connectivity index (χ1) is 9.45. The summed E-state index contributed by atoms with van der Waals surface area (Å²) in [5.41, 5.74) is 6.41. The van der Waals surface area contributed by atoms with Crippen molar-refractivity contribution in [1.82, 2.24) is 0 Å². The van der Waals surface area contributed by atoms with Crippen LogP contribution in [-0.2, 0) is 6.42 Å². The molecule has 5 heteroatoms. The van der Waals surface area contributed by atoms with E-state index in [9.17, 15) is 13.2 Å². The van der Waals surface area contributed by atoms with Crippen LogP contribution >= 0.6 is 11.8 Å². The van der Waals surface area contributed by atoms with Gasteiger partial charge in [-0.05, 0) is 55.3 Å². The van der Waals surface area contributed by atoms with Gasteiger partial charge in [-0.2, -0.15) is 0 Å². The van der Waals surface area contributed by atoms with Crippen molar-refractivity contribution >= 4 is 11.8 Å². The second kappa shape index (κ2) is 6.33. The number of rotatable bonds is 4. The number of nitrogens with two attached hydrogens (primary N) is 1. The largest absolute Gasteiger partial charge is 0.328 e. The molecule has 0 heterocycles. The monoisotopic (exact) mass is 297 g/mol. The summed E-state index contributed by atoms with van der Waals surface area (Å²) in [6.07, 6.45) is 0.469. The Labute approximate surface area is 120 Å². The molecule has 1 nitrogen and oxygen atoms in total. The van der Waals surface area contributed by atoms with Crippen molar-refractivity contribution in [1.29, 1.82) is 0 Å². The van der Waals surface area contributed by atoms with E-state index < -0.39 is 11.6 Å². The van der Waals surface area contributed by atoms with Gasteiger partial charge in [-0.3, -0.25) is 0 Å². The lowest BCUT2D eigenvalue weighted by atomic mass is 10.1. The van der Waals surface area contributed by atoms with Crippen LogP contribution in [0.4, 0.5) is 13.2 Å². The van der Waals surface area contributed by atoms with Crippen LogP contribution in [0, 0.1) is 17.5 Å². The highest BCUT2D eigenvalue weighted by Gasteiger charge is 2.11. The molecule has 0 aliphatic rings. The second-order valence-electron chi connectivity index (χ2n) is 4.61. The fraction of sp³-hybridized carbons (Fsp3) is 0.200. The van der Waals surface area contributed by atoms with E-state index in [1.165, 1.54) is 12.1 Å². The maximum absolute atomic E-state index is 13.6. The van der Waals surface area contributed by atoms with Gasteiger partial charge in [0.15, 0.2) is 0 Å². The van der Waals surface area contributed by atoms with Crippen LogP contribution in [0.1, 0.15) is 12.5 Å². The van der Waals surface area contributed by atoms with Crippen molar-refractivity contribution in [3.8, 4) is 0 Å². The molecular formula is C15H14F3NS. The summed E-state index contributed by atoms with van der Waals surface area (Å²) in [5.74, 6) is -1.39. The first kappa shape index (κ1) is 14.9. The fourth-order valence-electron chi connectivity index (χ4n) is 1.83. The van der Waals surface area contributed by atoms with Gasteiger partial charge in [0.25, 0.3) is 0 Å². The van der Waals surface area contributed by atoms with E-state index in [0.29, 0.717) is 16.9 Å². The maximum Gasteiger partial charge on any atom is 0.137 e. The van der Waals surface area contributed by atoms with E-state index in [1.54, 1.807) is 6.07 Å². The first-order valence-electron chi connectivity index (χ1n) is 6.12. The summed E-state index contributed by atoms with van der Waals surface area (Å²) in [5, 5.41) is 0. The normalized spacial score (nSPS) is 12.4. The highest BCUT2D eigenvalue weighted by atomic mass is 32.2. The minimum absolute atomic E-state index is 0.145. The molecule has 2 aromatic carbocycles. The molecule has 0 aromatic heterocycles. The van der Waals surface area contributed by atoms with Gasteiger partial charge in [0.05, 0.1) is 4.90 Å². The summed E-state index contributed by atoms with van der Waals surface area (Å²) in [7, 11) is 0. The Balaban J connectivity index is 2.35. The fourth-order valence-corrected chi connectivity index (χ4v) is 2.81. The van der Waals surface area contributed by atoms with E-state index in [1.807, 2.05) is 6.92 Å². The van der Waals surface area contributed by atoms with Gasteiger partial charge in [0.1, 0.15) is 17.5 Å². The predicted octanol–water partition coefficient (Wildman–Crippen LogP) is 4.14. The van der Waals surface area contributed by atoms with Gasteiger partial charge >= 0.3 is 0 Å². The average molecular weight is 297 g/mol. The van der Waals surface area contributed by atoms with Crippen LogP contribution in [-0.4, -0.2) is 6.04 Å². The molecule has 0 bridgehead atoms. The van der Waals surface area contributed by atoms with E-state index in [2.05, 4.69) is 0 Å². The molecule has 2 N–H and O–H groups in total. The van der Waals surface area contributed by atoms with E-state index in [4.69, 9.17) is 5.73 Å². The molecule has 1 atom stereocenters.